The van der Waals surface area contributed by atoms with Crippen molar-refractivity contribution < 1.29 is 9.90 Å². The van der Waals surface area contributed by atoms with Gasteiger partial charge < -0.3 is 10.0 Å². The monoisotopic (exact) mass is 294 g/mol. The number of aromatic hydroxyl groups is 1. The van der Waals surface area contributed by atoms with E-state index in [1.165, 1.54) is 0 Å². The average Bonchev–Trinajstić information content (AvgIpc) is 2.96. The molecule has 2 aromatic carbocycles. The van der Waals surface area contributed by atoms with Gasteiger partial charge in [-0.25, -0.2) is 0 Å². The Labute approximate surface area is 129 Å². The van der Waals surface area contributed by atoms with Crippen LogP contribution < -0.4 is 4.90 Å². The number of hydrogen-bond donors (Lipinski definition) is 1. The second-order valence-corrected chi connectivity index (χ2v) is 5.34. The second kappa shape index (κ2) is 6.43. The van der Waals surface area contributed by atoms with Gasteiger partial charge in [0.2, 0.25) is 5.91 Å². The smallest absolute Gasteiger partial charge is 0.227 e. The molecule has 0 aliphatic carbocycles. The number of carbonyl (C=O) groups excluding carboxylic acids is 1. The van der Waals surface area contributed by atoms with Crippen molar-refractivity contribution in [1.29, 1.82) is 0 Å². The van der Waals surface area contributed by atoms with Crippen LogP contribution in [0.5, 0.6) is 5.75 Å². The fourth-order valence-corrected chi connectivity index (χ4v) is 2.55. The van der Waals surface area contributed by atoms with Gasteiger partial charge in [-0.2, -0.15) is 0 Å². The Kier molecular flexibility index (Phi) is 4.19. The molecule has 0 spiro atoms. The first-order valence-electron chi connectivity index (χ1n) is 7.41. The molecule has 0 aromatic heterocycles. The molecule has 1 aliphatic heterocycles. The zero-order valence-corrected chi connectivity index (χ0v) is 12.3. The van der Waals surface area contributed by atoms with E-state index >= 15 is 0 Å². The van der Waals surface area contributed by atoms with Crippen LogP contribution in [0.1, 0.15) is 24.0 Å². The molecular formula is C18H18N2O2. The minimum Gasteiger partial charge on any atom is -0.507 e. The summed E-state index contributed by atoms with van der Waals surface area (Å²) in [5, 5.41) is 9.66. The maximum Gasteiger partial charge on any atom is 0.227 e. The third-order valence-corrected chi connectivity index (χ3v) is 3.76. The molecule has 4 heteroatoms. The van der Waals surface area contributed by atoms with Crippen LogP contribution in [-0.2, 0) is 11.3 Å². The zero-order valence-electron chi connectivity index (χ0n) is 12.3. The molecule has 0 atom stereocenters. The van der Waals surface area contributed by atoms with Crippen LogP contribution >= 0.6 is 0 Å². The molecule has 4 nitrogen and oxygen atoms in total. The molecule has 22 heavy (non-hydrogen) atoms. The van der Waals surface area contributed by atoms with Gasteiger partial charge in [-0.1, -0.05) is 24.3 Å². The topological polar surface area (TPSA) is 52.9 Å². The van der Waals surface area contributed by atoms with E-state index in [0.29, 0.717) is 18.5 Å². The molecule has 0 radical (unpaired) electrons. The molecule has 1 fully saturated rings. The fraction of sp³-hybridized carbons (Fsp3) is 0.222. The van der Waals surface area contributed by atoms with E-state index in [1.807, 2.05) is 41.3 Å². The lowest BCUT2D eigenvalue weighted by atomic mass is 10.2. The second-order valence-electron chi connectivity index (χ2n) is 5.34. The van der Waals surface area contributed by atoms with Crippen molar-refractivity contribution in [2.45, 2.75) is 19.4 Å². The molecule has 112 valence electrons. The van der Waals surface area contributed by atoms with Crippen LogP contribution in [0.25, 0.3) is 0 Å². The molecular weight excluding hydrogens is 276 g/mol. The summed E-state index contributed by atoms with van der Waals surface area (Å²) < 4.78 is 0. The Morgan fingerprint density at radius 3 is 2.59 bits per heavy atom. The van der Waals surface area contributed by atoms with E-state index in [1.54, 1.807) is 18.3 Å². The van der Waals surface area contributed by atoms with Crippen molar-refractivity contribution >= 4 is 17.8 Å². The maximum atomic E-state index is 11.7. The number of phenols is 1. The van der Waals surface area contributed by atoms with Crippen molar-refractivity contribution in [2.75, 3.05) is 11.4 Å². The highest BCUT2D eigenvalue weighted by Gasteiger charge is 2.21. The summed E-state index contributed by atoms with van der Waals surface area (Å²) in [6.45, 7) is 1.35. The summed E-state index contributed by atoms with van der Waals surface area (Å²) >= 11 is 0. The van der Waals surface area contributed by atoms with Gasteiger partial charge in [-0.3, -0.25) is 9.79 Å². The number of phenolic OH excluding ortho intramolecular Hbond substituents is 1. The summed E-state index contributed by atoms with van der Waals surface area (Å²) in [5.74, 6) is 0.430. The summed E-state index contributed by atoms with van der Waals surface area (Å²) in [4.78, 5) is 17.9. The lowest BCUT2D eigenvalue weighted by Gasteiger charge is -2.15. The fourth-order valence-electron chi connectivity index (χ4n) is 2.55. The van der Waals surface area contributed by atoms with Crippen molar-refractivity contribution in [1.82, 2.24) is 0 Å². The normalized spacial score (nSPS) is 14.9. The first kappa shape index (κ1) is 14.3. The molecule has 1 amide bonds. The Balaban J connectivity index is 1.64. The molecule has 3 rings (SSSR count). The largest absolute Gasteiger partial charge is 0.507 e. The summed E-state index contributed by atoms with van der Waals surface area (Å²) in [6, 6.07) is 15.0. The number of benzene rings is 2. The van der Waals surface area contributed by atoms with Crippen molar-refractivity contribution in [3.63, 3.8) is 0 Å². The predicted octanol–water partition coefficient (Wildman–Crippen LogP) is 3.14. The van der Waals surface area contributed by atoms with Crippen LogP contribution in [0.3, 0.4) is 0 Å². The number of para-hydroxylation sites is 1. The van der Waals surface area contributed by atoms with Crippen LogP contribution in [-0.4, -0.2) is 23.8 Å². The molecule has 0 bridgehead atoms. The van der Waals surface area contributed by atoms with Gasteiger partial charge in [-0.15, -0.1) is 0 Å². The summed E-state index contributed by atoms with van der Waals surface area (Å²) in [5.41, 5.74) is 2.74. The average molecular weight is 294 g/mol. The number of carbonyl (C=O) groups is 1. The van der Waals surface area contributed by atoms with Crippen LogP contribution in [0, 0.1) is 0 Å². The molecule has 1 N–H and O–H groups in total. The lowest BCUT2D eigenvalue weighted by molar-refractivity contribution is -0.117. The molecule has 2 aromatic rings. The first-order chi connectivity index (χ1) is 10.7. The van der Waals surface area contributed by atoms with E-state index in [9.17, 15) is 9.90 Å². The lowest BCUT2D eigenvalue weighted by Crippen LogP contribution is -2.23. The SMILES string of the molecule is O=C1CCCN1c1ccc(CN=Cc2ccccc2O)cc1. The quantitative estimate of drug-likeness (QED) is 0.881. The van der Waals surface area contributed by atoms with E-state index in [4.69, 9.17) is 0 Å². The minimum absolute atomic E-state index is 0.199. The summed E-state index contributed by atoms with van der Waals surface area (Å²) in [7, 11) is 0. The number of hydrogen-bond acceptors (Lipinski definition) is 3. The first-order valence-corrected chi connectivity index (χ1v) is 7.41. The van der Waals surface area contributed by atoms with Gasteiger partial charge in [-0.05, 0) is 36.2 Å². The van der Waals surface area contributed by atoms with Crippen molar-refractivity contribution in [3.8, 4) is 5.75 Å². The van der Waals surface area contributed by atoms with Gasteiger partial charge in [0.15, 0.2) is 0 Å². The van der Waals surface area contributed by atoms with Crippen LogP contribution in [0.2, 0.25) is 0 Å². The zero-order chi connectivity index (χ0) is 15.4. The molecule has 1 aliphatic rings. The van der Waals surface area contributed by atoms with E-state index in [0.717, 1.165) is 24.2 Å². The Hall–Kier alpha value is -2.62. The highest BCUT2D eigenvalue weighted by atomic mass is 16.3. The van der Waals surface area contributed by atoms with Crippen LogP contribution in [0.15, 0.2) is 53.5 Å². The molecule has 0 unspecified atom stereocenters. The maximum absolute atomic E-state index is 11.7. The number of aliphatic imine (C=N–C) groups is 1. The minimum atomic E-state index is 0.199. The third kappa shape index (κ3) is 3.17. The molecule has 1 heterocycles. The Bertz CT molecular complexity index is 692. The van der Waals surface area contributed by atoms with E-state index in [-0.39, 0.29) is 11.7 Å². The Morgan fingerprint density at radius 1 is 1.14 bits per heavy atom. The highest BCUT2D eigenvalue weighted by Crippen LogP contribution is 2.21. The molecule has 0 saturated carbocycles. The van der Waals surface area contributed by atoms with Crippen molar-refractivity contribution in [3.05, 3.63) is 59.7 Å². The van der Waals surface area contributed by atoms with Crippen LogP contribution in [0.4, 0.5) is 5.69 Å². The summed E-state index contributed by atoms with van der Waals surface area (Å²) in [6.07, 6.45) is 3.26. The van der Waals surface area contributed by atoms with E-state index < -0.39 is 0 Å². The predicted molar refractivity (Wildman–Crippen MR) is 87.4 cm³/mol. The van der Waals surface area contributed by atoms with Gasteiger partial charge in [0, 0.05) is 30.4 Å². The van der Waals surface area contributed by atoms with Crippen molar-refractivity contribution in [2.24, 2.45) is 4.99 Å². The van der Waals surface area contributed by atoms with Gasteiger partial charge in [0.25, 0.3) is 0 Å². The standard InChI is InChI=1S/C18H18N2O2/c21-17-5-2-1-4-15(17)13-19-12-14-7-9-16(10-8-14)20-11-3-6-18(20)22/h1-2,4-5,7-10,13,21H,3,6,11-12H2. The number of anilines is 1. The third-order valence-electron chi connectivity index (χ3n) is 3.76. The van der Waals surface area contributed by atoms with E-state index in [2.05, 4.69) is 4.99 Å². The van der Waals surface area contributed by atoms with Gasteiger partial charge in [0.05, 0.1) is 6.54 Å². The highest BCUT2D eigenvalue weighted by molar-refractivity contribution is 5.95. The number of rotatable bonds is 4. The molecule has 1 saturated heterocycles. The van der Waals surface area contributed by atoms with Gasteiger partial charge in [0.1, 0.15) is 5.75 Å². The Morgan fingerprint density at radius 2 is 1.91 bits per heavy atom. The number of amides is 1. The van der Waals surface area contributed by atoms with Gasteiger partial charge >= 0.3 is 0 Å². The number of nitrogens with zero attached hydrogens (tertiary/aromatic N) is 2.